The van der Waals surface area contributed by atoms with Crippen LogP contribution in [0, 0.1) is 0 Å². The molecule has 0 bridgehead atoms. The molecule has 1 unspecified atom stereocenters. The standard InChI is InChI=1S/C17H26ClNO13/c18-10-4-2-9(3-5-10)12(6-1-7-12)11(19(16(27,28)29)17(30,31)32)8-13(20,14(21,22)23)15(24,25)26/h2-5,11,20-32H,1,6-8H2. The van der Waals surface area contributed by atoms with Crippen LogP contribution >= 0.6 is 11.6 Å². The monoisotopic (exact) mass is 487 g/mol. The van der Waals surface area contributed by atoms with Gasteiger partial charge in [-0.1, -0.05) is 30.2 Å². The summed E-state index contributed by atoms with van der Waals surface area (Å²) in [5, 5.41) is 126. The zero-order valence-electron chi connectivity index (χ0n) is 16.4. The van der Waals surface area contributed by atoms with E-state index in [9.17, 15) is 66.4 Å². The minimum absolute atomic E-state index is 0.0113. The third-order valence-corrected chi connectivity index (χ3v) is 6.11. The van der Waals surface area contributed by atoms with Gasteiger partial charge in [0.1, 0.15) is 0 Å². The maximum absolute atomic E-state index is 10.5. The molecular weight excluding hydrogens is 462 g/mol. The zero-order valence-corrected chi connectivity index (χ0v) is 17.1. The van der Waals surface area contributed by atoms with Crippen LogP contribution in [0.4, 0.5) is 0 Å². The van der Waals surface area contributed by atoms with Crippen LogP contribution in [0.3, 0.4) is 0 Å². The Morgan fingerprint density at radius 2 is 1.16 bits per heavy atom. The van der Waals surface area contributed by atoms with Crippen molar-refractivity contribution >= 4 is 11.6 Å². The van der Waals surface area contributed by atoms with Crippen LogP contribution in [0.25, 0.3) is 0 Å². The van der Waals surface area contributed by atoms with Gasteiger partial charge in [0.05, 0.1) is 0 Å². The summed E-state index contributed by atoms with van der Waals surface area (Å²) in [6.45, 7) is 0. The Balaban J connectivity index is 2.79. The van der Waals surface area contributed by atoms with E-state index in [1.165, 1.54) is 24.3 Å². The van der Waals surface area contributed by atoms with E-state index in [0.717, 1.165) is 0 Å². The van der Waals surface area contributed by atoms with Crippen molar-refractivity contribution in [2.75, 3.05) is 0 Å². The van der Waals surface area contributed by atoms with Gasteiger partial charge in [0.25, 0.3) is 0 Å². The zero-order chi connectivity index (χ0) is 25.0. The summed E-state index contributed by atoms with van der Waals surface area (Å²) in [5.74, 6) is -8.99. The Bertz CT molecular complexity index is 759. The summed E-state index contributed by atoms with van der Waals surface area (Å²) in [6, 6.07) is 3.19. The second kappa shape index (κ2) is 8.31. The summed E-state index contributed by atoms with van der Waals surface area (Å²) in [4.78, 5) is -0.629. The van der Waals surface area contributed by atoms with Crippen molar-refractivity contribution < 1.29 is 66.4 Å². The summed E-state index contributed by atoms with van der Waals surface area (Å²) in [5.41, 5.74) is -5.58. The Labute approximate surface area is 185 Å². The first-order valence-electron chi connectivity index (χ1n) is 9.13. The van der Waals surface area contributed by atoms with Crippen molar-refractivity contribution in [3.8, 4) is 0 Å². The van der Waals surface area contributed by atoms with Crippen molar-refractivity contribution in [3.05, 3.63) is 34.9 Å². The fraction of sp³-hybridized carbons (Fsp3) is 0.647. The van der Waals surface area contributed by atoms with Crippen molar-refractivity contribution in [3.63, 3.8) is 0 Å². The molecule has 1 aliphatic rings. The predicted octanol–water partition coefficient (Wildman–Crippen LogP) is -5.01. The molecule has 0 aromatic heterocycles. The lowest BCUT2D eigenvalue weighted by Gasteiger charge is -2.56. The number of halogens is 1. The van der Waals surface area contributed by atoms with Gasteiger partial charge >= 0.3 is 24.1 Å². The van der Waals surface area contributed by atoms with Crippen LogP contribution in [0.1, 0.15) is 31.2 Å². The van der Waals surface area contributed by atoms with Gasteiger partial charge < -0.3 is 66.4 Å². The fourth-order valence-electron chi connectivity index (χ4n) is 4.09. The van der Waals surface area contributed by atoms with Gasteiger partial charge in [-0.25, -0.2) is 0 Å². The minimum Gasteiger partial charge on any atom is -0.375 e. The molecule has 15 heteroatoms. The molecule has 1 aliphatic carbocycles. The molecule has 1 atom stereocenters. The van der Waals surface area contributed by atoms with E-state index in [-0.39, 0.29) is 23.4 Å². The molecule has 0 aliphatic heterocycles. The van der Waals surface area contributed by atoms with Crippen LogP contribution in [-0.4, -0.2) is 107 Å². The first-order valence-corrected chi connectivity index (χ1v) is 9.51. The highest BCUT2D eigenvalue weighted by molar-refractivity contribution is 6.30. The normalized spacial score (nSPS) is 19.1. The Morgan fingerprint density at radius 3 is 1.44 bits per heavy atom. The second-order valence-corrected chi connectivity index (χ2v) is 8.37. The quantitative estimate of drug-likeness (QED) is 0.145. The highest BCUT2D eigenvalue weighted by Crippen LogP contribution is 2.53. The lowest BCUT2D eigenvalue weighted by Crippen LogP contribution is -2.75. The molecule has 184 valence electrons. The van der Waals surface area contributed by atoms with Gasteiger partial charge in [0.2, 0.25) is 5.60 Å². The SMILES string of the molecule is OC(O)(O)N(C(CC(O)(C(O)(O)O)C(O)(O)O)C1(c2ccc(Cl)cc2)CCC1)C(O)(O)O. The minimum atomic E-state index is -4.49. The number of nitrogens with zero attached hydrogens (tertiary/aromatic N) is 1. The first kappa shape index (κ1) is 27.2. The maximum atomic E-state index is 10.5. The van der Waals surface area contributed by atoms with Gasteiger partial charge in [-0.2, -0.15) is 0 Å². The second-order valence-electron chi connectivity index (χ2n) is 7.94. The first-order chi connectivity index (χ1) is 14.2. The summed E-state index contributed by atoms with van der Waals surface area (Å²) in [6.07, 6.45) is -9.96. The molecule has 32 heavy (non-hydrogen) atoms. The van der Waals surface area contributed by atoms with Crippen molar-refractivity contribution in [2.24, 2.45) is 0 Å². The number of rotatable bonds is 9. The average molecular weight is 488 g/mol. The molecule has 2 rings (SSSR count). The molecule has 0 amide bonds. The summed E-state index contributed by atoms with van der Waals surface area (Å²) < 4.78 is 0. The van der Waals surface area contributed by atoms with E-state index in [1.54, 1.807) is 0 Å². The fourth-order valence-corrected chi connectivity index (χ4v) is 4.21. The number of benzene rings is 1. The molecule has 0 radical (unpaired) electrons. The van der Waals surface area contributed by atoms with E-state index in [0.29, 0.717) is 6.42 Å². The highest BCUT2D eigenvalue weighted by atomic mass is 35.5. The van der Waals surface area contributed by atoms with Crippen LogP contribution in [0.5, 0.6) is 0 Å². The summed E-state index contributed by atoms with van der Waals surface area (Å²) in [7, 11) is 0. The predicted molar refractivity (Wildman–Crippen MR) is 99.7 cm³/mol. The van der Waals surface area contributed by atoms with Gasteiger partial charge in [0.15, 0.2) is 0 Å². The molecule has 1 fully saturated rings. The van der Waals surface area contributed by atoms with Crippen LogP contribution < -0.4 is 0 Å². The lowest BCUT2D eigenvalue weighted by atomic mass is 9.57. The van der Waals surface area contributed by atoms with Crippen molar-refractivity contribution in [2.45, 2.75) is 66.9 Å². The van der Waals surface area contributed by atoms with E-state index in [2.05, 4.69) is 0 Å². The molecule has 0 saturated heterocycles. The molecule has 1 aromatic rings. The number of aliphatic hydroxyl groups is 13. The maximum Gasteiger partial charge on any atom is 0.352 e. The number of hydrogen-bond acceptors (Lipinski definition) is 14. The van der Waals surface area contributed by atoms with E-state index >= 15 is 0 Å². The van der Waals surface area contributed by atoms with Crippen LogP contribution in [0.2, 0.25) is 5.02 Å². The number of hydrogen-bond donors (Lipinski definition) is 13. The molecular formula is C17H26ClNO13. The Kier molecular flexibility index (Phi) is 7.07. The third kappa shape index (κ3) is 4.90. The highest BCUT2D eigenvalue weighted by Gasteiger charge is 2.68. The average Bonchev–Trinajstić information content (AvgIpc) is 2.50. The molecule has 14 nitrogen and oxygen atoms in total. The van der Waals surface area contributed by atoms with Crippen LogP contribution in [0.15, 0.2) is 24.3 Å². The molecule has 1 saturated carbocycles. The van der Waals surface area contributed by atoms with E-state index < -0.39 is 52.5 Å². The van der Waals surface area contributed by atoms with Crippen molar-refractivity contribution in [1.29, 1.82) is 0 Å². The van der Waals surface area contributed by atoms with Gasteiger partial charge in [-0.15, -0.1) is 4.90 Å². The lowest BCUT2D eigenvalue weighted by molar-refractivity contribution is -0.533. The molecule has 0 spiro atoms. The molecule has 0 heterocycles. The van der Waals surface area contributed by atoms with Crippen LogP contribution in [-0.2, 0) is 5.41 Å². The van der Waals surface area contributed by atoms with Crippen molar-refractivity contribution in [1.82, 2.24) is 4.90 Å². The van der Waals surface area contributed by atoms with E-state index in [4.69, 9.17) is 11.6 Å². The molecule has 13 N–H and O–H groups in total. The van der Waals surface area contributed by atoms with Gasteiger partial charge in [0, 0.05) is 22.9 Å². The largest absolute Gasteiger partial charge is 0.375 e. The molecule has 1 aromatic carbocycles. The van der Waals surface area contributed by atoms with Gasteiger partial charge in [-0.3, -0.25) is 0 Å². The van der Waals surface area contributed by atoms with E-state index in [1.807, 2.05) is 0 Å². The summed E-state index contributed by atoms with van der Waals surface area (Å²) >= 11 is 5.85. The Morgan fingerprint density at radius 1 is 0.750 bits per heavy atom. The Hall–Kier alpha value is -1.05. The topological polar surface area (TPSA) is 266 Å². The third-order valence-electron chi connectivity index (χ3n) is 5.86. The van der Waals surface area contributed by atoms with Gasteiger partial charge in [-0.05, 0) is 30.5 Å². The smallest absolute Gasteiger partial charge is 0.352 e.